The van der Waals surface area contributed by atoms with E-state index in [-0.39, 0.29) is 17.8 Å². The van der Waals surface area contributed by atoms with Gasteiger partial charge in [-0.1, -0.05) is 0 Å². The number of rotatable bonds is 3. The van der Waals surface area contributed by atoms with Crippen LogP contribution in [0.4, 0.5) is 10.2 Å². The lowest BCUT2D eigenvalue weighted by atomic mass is 10.0. The molecule has 0 unspecified atom stereocenters. The van der Waals surface area contributed by atoms with Gasteiger partial charge in [0, 0.05) is 50.4 Å². The Morgan fingerprint density at radius 1 is 1.21 bits per heavy atom. The number of carbonyl (C=O) groups is 1. The molecule has 0 atom stereocenters. The number of piperidine rings is 1. The third-order valence-corrected chi connectivity index (χ3v) is 5.54. The molecular formula is C20H23FN6O. The van der Waals surface area contributed by atoms with Gasteiger partial charge in [0.05, 0.1) is 5.52 Å². The summed E-state index contributed by atoms with van der Waals surface area (Å²) in [4.78, 5) is 25.3. The Morgan fingerprint density at radius 2 is 1.96 bits per heavy atom. The Labute approximate surface area is 162 Å². The van der Waals surface area contributed by atoms with E-state index < -0.39 is 0 Å². The summed E-state index contributed by atoms with van der Waals surface area (Å²) < 4.78 is 15.2. The fourth-order valence-corrected chi connectivity index (χ4v) is 3.74. The molecule has 2 aromatic heterocycles. The standard InChI is InChI=1S/C20H23FN6O/c1-13-10-18(24-26(13)3)20(28)25(2)15-6-8-27(9-7-15)19-16-5-4-14(21)11-17(16)22-12-23-19/h4-5,10-12,15H,6-9H2,1-3H3. The molecule has 1 fully saturated rings. The van der Waals surface area contributed by atoms with Gasteiger partial charge in [-0.15, -0.1) is 0 Å². The minimum absolute atomic E-state index is 0.0508. The SMILES string of the molecule is Cc1cc(C(=O)N(C)C2CCN(c3ncnc4cc(F)ccc34)CC2)nn1C. The fraction of sp³-hybridized carbons (Fsp3) is 0.400. The Balaban J connectivity index is 1.47. The van der Waals surface area contributed by atoms with E-state index in [1.807, 2.05) is 27.1 Å². The molecule has 1 aliphatic rings. The number of carbonyl (C=O) groups excluding carboxylic acids is 1. The monoisotopic (exact) mass is 382 g/mol. The fourth-order valence-electron chi connectivity index (χ4n) is 3.74. The summed E-state index contributed by atoms with van der Waals surface area (Å²) in [5.41, 5.74) is 2.04. The summed E-state index contributed by atoms with van der Waals surface area (Å²) >= 11 is 0. The maximum Gasteiger partial charge on any atom is 0.274 e. The second kappa shape index (κ2) is 7.18. The highest BCUT2D eigenvalue weighted by molar-refractivity contribution is 5.92. The van der Waals surface area contributed by atoms with Crippen molar-refractivity contribution in [1.29, 1.82) is 0 Å². The van der Waals surface area contributed by atoms with Crippen molar-refractivity contribution in [1.82, 2.24) is 24.6 Å². The average molecular weight is 382 g/mol. The van der Waals surface area contributed by atoms with Crippen LogP contribution in [0.2, 0.25) is 0 Å². The zero-order chi connectivity index (χ0) is 19.8. The molecule has 0 saturated carbocycles. The number of nitrogens with zero attached hydrogens (tertiary/aromatic N) is 6. The molecule has 146 valence electrons. The average Bonchev–Trinajstić information content (AvgIpc) is 3.05. The maximum atomic E-state index is 13.5. The molecule has 28 heavy (non-hydrogen) atoms. The first-order chi connectivity index (χ1) is 13.4. The molecular weight excluding hydrogens is 359 g/mol. The normalized spacial score (nSPS) is 15.2. The number of halogens is 1. The van der Waals surface area contributed by atoms with Crippen molar-refractivity contribution in [3.05, 3.63) is 47.8 Å². The molecule has 0 N–H and O–H groups in total. The van der Waals surface area contributed by atoms with Gasteiger partial charge in [-0.25, -0.2) is 14.4 Å². The lowest BCUT2D eigenvalue weighted by molar-refractivity contribution is 0.0702. The van der Waals surface area contributed by atoms with Crippen molar-refractivity contribution >= 4 is 22.6 Å². The van der Waals surface area contributed by atoms with Gasteiger partial charge in [-0.3, -0.25) is 9.48 Å². The minimum Gasteiger partial charge on any atom is -0.356 e. The van der Waals surface area contributed by atoms with Crippen molar-refractivity contribution in [3.8, 4) is 0 Å². The first-order valence-electron chi connectivity index (χ1n) is 9.37. The molecule has 1 aromatic carbocycles. The van der Waals surface area contributed by atoms with Crippen LogP contribution in [0.25, 0.3) is 10.9 Å². The number of amides is 1. The summed E-state index contributed by atoms with van der Waals surface area (Å²) in [5, 5.41) is 5.14. The first-order valence-corrected chi connectivity index (χ1v) is 9.37. The molecule has 3 heterocycles. The Bertz CT molecular complexity index is 1010. The zero-order valence-electron chi connectivity index (χ0n) is 16.3. The van der Waals surface area contributed by atoms with Gasteiger partial charge in [-0.05, 0) is 38.0 Å². The smallest absolute Gasteiger partial charge is 0.274 e. The lowest BCUT2D eigenvalue weighted by Gasteiger charge is -2.37. The molecule has 1 saturated heterocycles. The van der Waals surface area contributed by atoms with Crippen LogP contribution in [0.1, 0.15) is 29.0 Å². The van der Waals surface area contributed by atoms with Crippen LogP contribution >= 0.6 is 0 Å². The van der Waals surface area contributed by atoms with Crippen LogP contribution < -0.4 is 4.90 Å². The van der Waals surface area contributed by atoms with Crippen LogP contribution in [0.15, 0.2) is 30.6 Å². The molecule has 1 amide bonds. The van der Waals surface area contributed by atoms with Gasteiger partial charge in [0.1, 0.15) is 18.0 Å². The number of fused-ring (bicyclic) bond motifs is 1. The quantitative estimate of drug-likeness (QED) is 0.696. The maximum absolute atomic E-state index is 13.5. The molecule has 0 radical (unpaired) electrons. The molecule has 0 bridgehead atoms. The lowest BCUT2D eigenvalue weighted by Crippen LogP contribution is -2.46. The van der Waals surface area contributed by atoms with Crippen molar-refractivity contribution in [3.63, 3.8) is 0 Å². The molecule has 3 aromatic rings. The molecule has 1 aliphatic heterocycles. The van der Waals surface area contributed by atoms with Gasteiger partial charge >= 0.3 is 0 Å². The second-order valence-corrected chi connectivity index (χ2v) is 7.29. The van der Waals surface area contributed by atoms with Gasteiger partial charge in [0.2, 0.25) is 0 Å². The molecule has 7 nitrogen and oxygen atoms in total. The summed E-state index contributed by atoms with van der Waals surface area (Å²) in [6, 6.07) is 6.56. The third kappa shape index (κ3) is 3.30. The van der Waals surface area contributed by atoms with Crippen LogP contribution in [0.3, 0.4) is 0 Å². The summed E-state index contributed by atoms with van der Waals surface area (Å²) in [6.07, 6.45) is 3.14. The zero-order valence-corrected chi connectivity index (χ0v) is 16.3. The van der Waals surface area contributed by atoms with E-state index in [2.05, 4.69) is 20.0 Å². The van der Waals surface area contributed by atoms with E-state index in [0.29, 0.717) is 11.2 Å². The van der Waals surface area contributed by atoms with E-state index in [1.165, 1.54) is 18.5 Å². The number of hydrogen-bond acceptors (Lipinski definition) is 5. The minimum atomic E-state index is -0.305. The summed E-state index contributed by atoms with van der Waals surface area (Å²) in [6.45, 7) is 3.47. The second-order valence-electron chi connectivity index (χ2n) is 7.29. The van der Waals surface area contributed by atoms with Gasteiger partial charge in [0.25, 0.3) is 5.91 Å². The Morgan fingerprint density at radius 3 is 2.64 bits per heavy atom. The number of hydrogen-bond donors (Lipinski definition) is 0. The molecule has 8 heteroatoms. The van der Waals surface area contributed by atoms with E-state index >= 15 is 0 Å². The largest absolute Gasteiger partial charge is 0.356 e. The van der Waals surface area contributed by atoms with Crippen molar-refractivity contribution in [2.45, 2.75) is 25.8 Å². The summed E-state index contributed by atoms with van der Waals surface area (Å²) in [5.74, 6) is 0.462. The van der Waals surface area contributed by atoms with Gasteiger partial charge in [-0.2, -0.15) is 5.10 Å². The van der Waals surface area contributed by atoms with Crippen LogP contribution in [0, 0.1) is 12.7 Å². The van der Waals surface area contributed by atoms with Crippen molar-refractivity contribution in [2.24, 2.45) is 7.05 Å². The summed E-state index contributed by atoms with van der Waals surface area (Å²) in [7, 11) is 3.68. The predicted molar refractivity (Wildman–Crippen MR) is 105 cm³/mol. The number of aryl methyl sites for hydroxylation is 2. The van der Waals surface area contributed by atoms with E-state index in [0.717, 1.165) is 42.8 Å². The predicted octanol–water partition coefficient (Wildman–Crippen LogP) is 2.55. The van der Waals surface area contributed by atoms with E-state index in [1.54, 1.807) is 15.6 Å². The molecule has 0 aliphatic carbocycles. The van der Waals surface area contributed by atoms with Crippen LogP contribution in [0.5, 0.6) is 0 Å². The first kappa shape index (κ1) is 18.3. The Hall–Kier alpha value is -3.03. The number of benzene rings is 1. The van der Waals surface area contributed by atoms with E-state index in [9.17, 15) is 9.18 Å². The topological polar surface area (TPSA) is 67.2 Å². The van der Waals surface area contributed by atoms with Crippen molar-refractivity contribution < 1.29 is 9.18 Å². The van der Waals surface area contributed by atoms with E-state index in [4.69, 9.17) is 0 Å². The van der Waals surface area contributed by atoms with Gasteiger partial charge < -0.3 is 9.80 Å². The highest BCUT2D eigenvalue weighted by atomic mass is 19.1. The number of anilines is 1. The highest BCUT2D eigenvalue weighted by Gasteiger charge is 2.28. The Kier molecular flexibility index (Phi) is 4.70. The molecule has 0 spiro atoms. The molecule has 4 rings (SSSR count). The van der Waals surface area contributed by atoms with Gasteiger partial charge in [0.15, 0.2) is 5.69 Å². The van der Waals surface area contributed by atoms with Crippen molar-refractivity contribution in [2.75, 3.05) is 25.0 Å². The van der Waals surface area contributed by atoms with Crippen LogP contribution in [-0.2, 0) is 7.05 Å². The highest BCUT2D eigenvalue weighted by Crippen LogP contribution is 2.27. The van der Waals surface area contributed by atoms with Crippen LogP contribution in [-0.4, -0.2) is 56.7 Å². The third-order valence-electron chi connectivity index (χ3n) is 5.54. The number of aromatic nitrogens is 4.